The molecule has 6 nitrogen and oxygen atoms in total. The van der Waals surface area contributed by atoms with Crippen LogP contribution in [-0.2, 0) is 22.4 Å². The fourth-order valence-electron chi connectivity index (χ4n) is 3.87. The molecule has 1 saturated heterocycles. The smallest absolute Gasteiger partial charge is 0.254 e. The van der Waals surface area contributed by atoms with Crippen LogP contribution in [0.25, 0.3) is 11.3 Å². The molecule has 0 saturated carbocycles. The molecule has 144 valence electrons. The Morgan fingerprint density at radius 3 is 2.78 bits per heavy atom. The largest absolute Gasteiger partial charge is 0.496 e. The van der Waals surface area contributed by atoms with E-state index in [1.54, 1.807) is 13.2 Å². The fraction of sp³-hybridized carbons (Fsp3) is 0.476. The Hall–Kier alpha value is -2.31. The first-order valence-corrected chi connectivity index (χ1v) is 9.33. The molecule has 1 fully saturated rings. The van der Waals surface area contributed by atoms with Crippen LogP contribution in [0.15, 0.2) is 23.0 Å². The van der Waals surface area contributed by atoms with E-state index in [-0.39, 0.29) is 11.7 Å². The van der Waals surface area contributed by atoms with Gasteiger partial charge in [-0.05, 0) is 43.5 Å². The number of ether oxygens (including phenoxy) is 4. The molecule has 4 rings (SSSR count). The molecule has 0 bridgehead atoms. The van der Waals surface area contributed by atoms with Gasteiger partial charge in [-0.25, -0.2) is 0 Å². The summed E-state index contributed by atoms with van der Waals surface area (Å²) in [5.74, 6) is 1.49. The lowest BCUT2D eigenvalue weighted by molar-refractivity contribution is -0.101. The monoisotopic (exact) mass is 371 g/mol. The average molecular weight is 371 g/mol. The van der Waals surface area contributed by atoms with Crippen molar-refractivity contribution in [1.82, 2.24) is 4.57 Å². The maximum atomic E-state index is 12.7. The minimum absolute atomic E-state index is 0.0365. The minimum Gasteiger partial charge on any atom is -0.496 e. The molecule has 1 aromatic carbocycles. The highest BCUT2D eigenvalue weighted by atomic mass is 16.6. The van der Waals surface area contributed by atoms with Crippen LogP contribution in [0.5, 0.6) is 11.5 Å². The molecule has 2 aliphatic heterocycles. The van der Waals surface area contributed by atoms with Gasteiger partial charge in [0.1, 0.15) is 24.2 Å². The van der Waals surface area contributed by atoms with Crippen LogP contribution in [0.4, 0.5) is 0 Å². The third kappa shape index (κ3) is 3.35. The molecule has 1 atom stereocenters. The first-order valence-electron chi connectivity index (χ1n) is 9.33. The third-order valence-electron chi connectivity index (χ3n) is 5.31. The summed E-state index contributed by atoms with van der Waals surface area (Å²) in [5.41, 5.74) is 5.20. The summed E-state index contributed by atoms with van der Waals surface area (Å²) >= 11 is 0. The first kappa shape index (κ1) is 18.1. The Balaban J connectivity index is 1.72. The molecule has 0 amide bonds. The molecule has 0 aliphatic carbocycles. The summed E-state index contributed by atoms with van der Waals surface area (Å²) < 4.78 is 24.3. The maximum absolute atomic E-state index is 12.7. The number of hydrogen-bond acceptors (Lipinski definition) is 5. The maximum Gasteiger partial charge on any atom is 0.254 e. The van der Waals surface area contributed by atoms with Gasteiger partial charge in [0, 0.05) is 23.7 Å². The van der Waals surface area contributed by atoms with Crippen LogP contribution in [0.2, 0.25) is 0 Å². The van der Waals surface area contributed by atoms with E-state index in [2.05, 4.69) is 12.1 Å². The van der Waals surface area contributed by atoms with Gasteiger partial charge in [0.15, 0.2) is 0 Å². The highest BCUT2D eigenvalue weighted by Gasteiger charge is 2.24. The second-order valence-corrected chi connectivity index (χ2v) is 7.08. The number of hydrogen-bond donors (Lipinski definition) is 0. The van der Waals surface area contributed by atoms with E-state index in [9.17, 15) is 4.79 Å². The van der Waals surface area contributed by atoms with Crippen LogP contribution in [-0.4, -0.2) is 44.2 Å². The third-order valence-corrected chi connectivity index (χ3v) is 5.31. The number of benzene rings is 1. The number of methoxy groups -OCH3 is 1. The Kier molecular flexibility index (Phi) is 4.93. The zero-order valence-corrected chi connectivity index (χ0v) is 16.0. The quantitative estimate of drug-likeness (QED) is 0.826. The van der Waals surface area contributed by atoms with Crippen LogP contribution >= 0.6 is 0 Å². The van der Waals surface area contributed by atoms with Crippen molar-refractivity contribution < 1.29 is 18.9 Å². The van der Waals surface area contributed by atoms with Crippen molar-refractivity contribution in [1.29, 1.82) is 0 Å². The SMILES string of the molecule is COc1cc2c(cc1C)-c1c(C)c(OC[C@H]3COCCO3)cc(=O)n1CC2. The summed E-state index contributed by atoms with van der Waals surface area (Å²) in [5, 5.41) is 0. The molecular formula is C21H25NO5. The number of aryl methyl sites for hydroxylation is 2. The lowest BCUT2D eigenvalue weighted by atomic mass is 9.92. The second kappa shape index (κ2) is 7.37. The number of fused-ring (bicyclic) bond motifs is 3. The van der Waals surface area contributed by atoms with Crippen molar-refractivity contribution in [2.24, 2.45) is 0 Å². The molecule has 0 N–H and O–H groups in total. The van der Waals surface area contributed by atoms with Crippen molar-refractivity contribution >= 4 is 0 Å². The van der Waals surface area contributed by atoms with Gasteiger partial charge >= 0.3 is 0 Å². The summed E-state index contributed by atoms with van der Waals surface area (Å²) in [6.45, 7) is 6.78. The number of rotatable bonds is 4. The first-order chi connectivity index (χ1) is 13.1. The van der Waals surface area contributed by atoms with Gasteiger partial charge in [-0.15, -0.1) is 0 Å². The van der Waals surface area contributed by atoms with E-state index >= 15 is 0 Å². The molecule has 2 aromatic rings. The molecule has 3 heterocycles. The topological polar surface area (TPSA) is 58.9 Å². The number of aromatic nitrogens is 1. The standard InChI is InChI=1S/C21H25NO5/c1-13-8-17-15(9-18(13)24-3)4-5-22-20(23)10-19(14(2)21(17)22)27-12-16-11-25-6-7-26-16/h8-10,16H,4-7,11-12H2,1-3H3/t16-/m1/s1. The van der Waals surface area contributed by atoms with E-state index in [4.69, 9.17) is 18.9 Å². The zero-order valence-electron chi connectivity index (χ0n) is 16.0. The van der Waals surface area contributed by atoms with Crippen LogP contribution < -0.4 is 15.0 Å². The van der Waals surface area contributed by atoms with Crippen molar-refractivity contribution in [2.75, 3.05) is 33.5 Å². The molecule has 27 heavy (non-hydrogen) atoms. The predicted octanol–water partition coefficient (Wildman–Crippen LogP) is 2.49. The molecule has 0 radical (unpaired) electrons. The number of pyridine rings is 1. The Bertz CT molecular complexity index is 912. The van der Waals surface area contributed by atoms with Gasteiger partial charge in [0.2, 0.25) is 0 Å². The van der Waals surface area contributed by atoms with Crippen molar-refractivity contribution in [3.8, 4) is 22.8 Å². The molecule has 6 heteroatoms. The normalized spacial score (nSPS) is 18.6. The molecule has 0 spiro atoms. The second-order valence-electron chi connectivity index (χ2n) is 7.08. The van der Waals surface area contributed by atoms with E-state index < -0.39 is 0 Å². The van der Waals surface area contributed by atoms with Crippen LogP contribution in [0.1, 0.15) is 16.7 Å². The zero-order chi connectivity index (χ0) is 19.0. The van der Waals surface area contributed by atoms with E-state index in [0.29, 0.717) is 38.7 Å². The summed E-state index contributed by atoms with van der Waals surface area (Å²) in [6.07, 6.45) is 0.710. The lowest BCUT2D eigenvalue weighted by Crippen LogP contribution is -2.34. The highest BCUT2D eigenvalue weighted by Crippen LogP contribution is 2.37. The molecule has 2 aliphatic rings. The van der Waals surface area contributed by atoms with Gasteiger partial charge in [-0.1, -0.05) is 0 Å². The highest BCUT2D eigenvalue weighted by molar-refractivity contribution is 5.73. The minimum atomic E-state index is -0.101. The van der Waals surface area contributed by atoms with E-state index in [1.807, 2.05) is 18.4 Å². The van der Waals surface area contributed by atoms with Gasteiger partial charge in [0.05, 0.1) is 32.6 Å². The van der Waals surface area contributed by atoms with Gasteiger partial charge in [-0.3, -0.25) is 4.79 Å². The van der Waals surface area contributed by atoms with Crippen molar-refractivity contribution in [2.45, 2.75) is 32.9 Å². The molecule has 0 unspecified atom stereocenters. The Morgan fingerprint density at radius 2 is 2.04 bits per heavy atom. The van der Waals surface area contributed by atoms with Crippen molar-refractivity contribution in [3.05, 3.63) is 45.2 Å². The van der Waals surface area contributed by atoms with Gasteiger partial charge in [0.25, 0.3) is 5.56 Å². The fourth-order valence-corrected chi connectivity index (χ4v) is 3.87. The predicted molar refractivity (Wildman–Crippen MR) is 102 cm³/mol. The Morgan fingerprint density at radius 1 is 1.19 bits per heavy atom. The van der Waals surface area contributed by atoms with Gasteiger partial charge < -0.3 is 23.5 Å². The van der Waals surface area contributed by atoms with Gasteiger partial charge in [-0.2, -0.15) is 0 Å². The van der Waals surface area contributed by atoms with Crippen LogP contribution in [0, 0.1) is 13.8 Å². The summed E-state index contributed by atoms with van der Waals surface area (Å²) in [7, 11) is 1.68. The Labute approximate surface area is 158 Å². The van der Waals surface area contributed by atoms with E-state index in [0.717, 1.165) is 34.6 Å². The van der Waals surface area contributed by atoms with E-state index in [1.165, 1.54) is 5.56 Å². The van der Waals surface area contributed by atoms with Crippen molar-refractivity contribution in [3.63, 3.8) is 0 Å². The number of nitrogens with zero attached hydrogens (tertiary/aromatic N) is 1. The molecular weight excluding hydrogens is 346 g/mol. The summed E-state index contributed by atoms with van der Waals surface area (Å²) in [4.78, 5) is 12.7. The van der Waals surface area contributed by atoms with Crippen LogP contribution in [0.3, 0.4) is 0 Å². The summed E-state index contributed by atoms with van der Waals surface area (Å²) in [6, 6.07) is 5.77. The molecule has 1 aromatic heterocycles. The lowest BCUT2D eigenvalue weighted by Gasteiger charge is -2.27. The average Bonchev–Trinajstić information content (AvgIpc) is 2.69.